The van der Waals surface area contributed by atoms with Crippen molar-refractivity contribution in [2.75, 3.05) is 6.54 Å². The fourth-order valence-corrected chi connectivity index (χ4v) is 2.20. The molecule has 1 aromatic heterocycles. The van der Waals surface area contributed by atoms with E-state index >= 15 is 0 Å². The Morgan fingerprint density at radius 3 is 2.80 bits per heavy atom. The van der Waals surface area contributed by atoms with Gasteiger partial charge in [-0.25, -0.2) is 0 Å². The molecule has 1 aromatic rings. The predicted octanol–water partition coefficient (Wildman–Crippen LogP) is 2.11. The number of aromatic nitrogens is 2. The molecule has 0 aliphatic carbocycles. The molecule has 4 heteroatoms. The summed E-state index contributed by atoms with van der Waals surface area (Å²) in [6, 6.07) is 0.566. The van der Waals surface area contributed by atoms with Crippen LogP contribution in [0.25, 0.3) is 0 Å². The minimum Gasteiger partial charge on any atom is -0.314 e. The Labute approximate surface area is 100 Å². The topological polar surface area (TPSA) is 29.9 Å². The van der Waals surface area contributed by atoms with Gasteiger partial charge in [0.1, 0.15) is 0 Å². The molecule has 0 saturated heterocycles. The molecule has 0 saturated carbocycles. The summed E-state index contributed by atoms with van der Waals surface area (Å²) < 4.78 is 1.85. The molecule has 0 radical (unpaired) electrons. The van der Waals surface area contributed by atoms with Crippen LogP contribution in [0, 0.1) is 0 Å². The molecule has 0 aromatic carbocycles. The van der Waals surface area contributed by atoms with E-state index in [1.54, 1.807) is 0 Å². The maximum Gasteiger partial charge on any atom is 0.0522 e. The molecule has 15 heavy (non-hydrogen) atoms. The largest absolute Gasteiger partial charge is 0.314 e. The first-order valence-electron chi connectivity index (χ1n) is 5.43. The summed E-state index contributed by atoms with van der Waals surface area (Å²) in [6.07, 6.45) is 6.21. The van der Waals surface area contributed by atoms with Gasteiger partial charge >= 0.3 is 0 Å². The summed E-state index contributed by atoms with van der Waals surface area (Å²) in [5.74, 6) is 0. The molecule has 0 aliphatic rings. The molecular weight excluding hydrogens is 254 g/mol. The fourth-order valence-electron chi connectivity index (χ4n) is 1.63. The van der Waals surface area contributed by atoms with Crippen molar-refractivity contribution in [1.82, 2.24) is 15.1 Å². The smallest absolute Gasteiger partial charge is 0.0522 e. The van der Waals surface area contributed by atoms with Crippen molar-refractivity contribution < 1.29 is 0 Å². The highest BCUT2D eigenvalue weighted by molar-refractivity contribution is 9.09. The van der Waals surface area contributed by atoms with E-state index in [1.807, 2.05) is 17.9 Å². The summed E-state index contributed by atoms with van der Waals surface area (Å²) in [5.41, 5.74) is 1.30. The zero-order chi connectivity index (χ0) is 11.3. The summed E-state index contributed by atoms with van der Waals surface area (Å²) in [4.78, 5) is 0.582. The highest BCUT2D eigenvalue weighted by Gasteiger charge is 2.05. The minimum absolute atomic E-state index is 0.566. The minimum atomic E-state index is 0.566. The van der Waals surface area contributed by atoms with Crippen molar-refractivity contribution in [3.05, 3.63) is 18.0 Å². The second-order valence-corrected chi connectivity index (χ2v) is 5.71. The fraction of sp³-hybridized carbons (Fsp3) is 0.727. The Morgan fingerprint density at radius 2 is 2.27 bits per heavy atom. The van der Waals surface area contributed by atoms with Crippen molar-refractivity contribution in [2.45, 2.75) is 37.6 Å². The lowest BCUT2D eigenvalue weighted by atomic mass is 10.2. The van der Waals surface area contributed by atoms with Gasteiger partial charge in [0.05, 0.1) is 6.20 Å². The number of alkyl halides is 1. The van der Waals surface area contributed by atoms with Gasteiger partial charge in [0.25, 0.3) is 0 Å². The van der Waals surface area contributed by atoms with Crippen LogP contribution in [-0.2, 0) is 13.5 Å². The molecule has 1 heterocycles. The molecule has 2 atom stereocenters. The van der Waals surface area contributed by atoms with Crippen molar-refractivity contribution in [1.29, 1.82) is 0 Å². The Bertz CT molecular complexity index is 283. The van der Waals surface area contributed by atoms with Gasteiger partial charge in [0.15, 0.2) is 0 Å². The van der Waals surface area contributed by atoms with Crippen molar-refractivity contribution >= 4 is 15.9 Å². The first-order valence-corrected chi connectivity index (χ1v) is 6.34. The Kier molecular flexibility index (Phi) is 5.32. The van der Waals surface area contributed by atoms with E-state index in [0.29, 0.717) is 10.9 Å². The first kappa shape index (κ1) is 12.7. The predicted molar refractivity (Wildman–Crippen MR) is 67.4 cm³/mol. The lowest BCUT2D eigenvalue weighted by molar-refractivity contribution is 0.519. The highest BCUT2D eigenvalue weighted by atomic mass is 79.9. The first-order chi connectivity index (χ1) is 7.08. The van der Waals surface area contributed by atoms with E-state index in [2.05, 4.69) is 46.4 Å². The average Bonchev–Trinajstić information content (AvgIpc) is 2.50. The molecule has 2 unspecified atom stereocenters. The van der Waals surface area contributed by atoms with Crippen LogP contribution in [0.15, 0.2) is 12.4 Å². The Balaban J connectivity index is 2.16. The van der Waals surface area contributed by atoms with Gasteiger partial charge in [-0.2, -0.15) is 5.10 Å². The SMILES string of the molecule is CC(Br)CC(C)NCCc1cnn(C)c1. The standard InChI is InChI=1S/C11H20BrN3/c1-9(12)6-10(2)13-5-4-11-7-14-15(3)8-11/h7-10,13H,4-6H2,1-3H3. The number of rotatable bonds is 6. The third kappa shape index (κ3) is 5.33. The van der Waals surface area contributed by atoms with Crippen LogP contribution in [0.3, 0.4) is 0 Å². The second kappa shape index (κ2) is 6.28. The number of nitrogens with zero attached hydrogens (tertiary/aromatic N) is 2. The van der Waals surface area contributed by atoms with Gasteiger partial charge < -0.3 is 5.32 Å². The van der Waals surface area contributed by atoms with Crippen LogP contribution in [-0.4, -0.2) is 27.2 Å². The normalized spacial score (nSPS) is 15.2. The van der Waals surface area contributed by atoms with Gasteiger partial charge in [0.2, 0.25) is 0 Å². The molecule has 0 amide bonds. The summed E-state index contributed by atoms with van der Waals surface area (Å²) in [6.45, 7) is 5.42. The molecule has 0 aliphatic heterocycles. The summed E-state index contributed by atoms with van der Waals surface area (Å²) in [7, 11) is 1.95. The average molecular weight is 274 g/mol. The van der Waals surface area contributed by atoms with E-state index in [4.69, 9.17) is 0 Å². The van der Waals surface area contributed by atoms with Crippen LogP contribution in [0.5, 0.6) is 0 Å². The second-order valence-electron chi connectivity index (χ2n) is 4.14. The molecule has 0 spiro atoms. The van der Waals surface area contributed by atoms with Crippen molar-refractivity contribution in [3.63, 3.8) is 0 Å². The van der Waals surface area contributed by atoms with E-state index in [1.165, 1.54) is 5.56 Å². The van der Waals surface area contributed by atoms with Crippen LogP contribution in [0.4, 0.5) is 0 Å². The van der Waals surface area contributed by atoms with Crippen molar-refractivity contribution in [3.8, 4) is 0 Å². The zero-order valence-electron chi connectivity index (χ0n) is 9.70. The van der Waals surface area contributed by atoms with Crippen LogP contribution in [0.1, 0.15) is 25.8 Å². The summed E-state index contributed by atoms with van der Waals surface area (Å²) in [5, 5.41) is 7.65. The van der Waals surface area contributed by atoms with Gasteiger partial charge in [0, 0.05) is 24.1 Å². The Hall–Kier alpha value is -0.350. The van der Waals surface area contributed by atoms with Gasteiger partial charge in [-0.1, -0.05) is 22.9 Å². The molecule has 3 nitrogen and oxygen atoms in total. The van der Waals surface area contributed by atoms with Gasteiger partial charge in [-0.15, -0.1) is 0 Å². The monoisotopic (exact) mass is 273 g/mol. The highest BCUT2D eigenvalue weighted by Crippen LogP contribution is 2.06. The molecular formula is C11H20BrN3. The van der Waals surface area contributed by atoms with Crippen molar-refractivity contribution in [2.24, 2.45) is 7.05 Å². The quantitative estimate of drug-likeness (QED) is 0.805. The van der Waals surface area contributed by atoms with E-state index in [-0.39, 0.29) is 0 Å². The van der Waals surface area contributed by atoms with Gasteiger partial charge in [-0.3, -0.25) is 4.68 Å². The molecule has 1 N–H and O–H groups in total. The maximum absolute atomic E-state index is 4.14. The number of hydrogen-bond donors (Lipinski definition) is 1. The number of aryl methyl sites for hydroxylation is 1. The van der Waals surface area contributed by atoms with E-state index < -0.39 is 0 Å². The number of nitrogens with one attached hydrogen (secondary N) is 1. The number of hydrogen-bond acceptors (Lipinski definition) is 2. The van der Waals surface area contributed by atoms with Crippen LogP contribution < -0.4 is 5.32 Å². The molecule has 1 rings (SSSR count). The summed E-state index contributed by atoms with van der Waals surface area (Å²) >= 11 is 3.56. The van der Waals surface area contributed by atoms with Crippen LogP contribution in [0.2, 0.25) is 0 Å². The van der Waals surface area contributed by atoms with E-state index in [0.717, 1.165) is 19.4 Å². The van der Waals surface area contributed by atoms with E-state index in [9.17, 15) is 0 Å². The lowest BCUT2D eigenvalue weighted by Gasteiger charge is -2.14. The molecule has 0 bridgehead atoms. The molecule has 86 valence electrons. The third-order valence-electron chi connectivity index (χ3n) is 2.34. The zero-order valence-corrected chi connectivity index (χ0v) is 11.3. The third-order valence-corrected chi connectivity index (χ3v) is 2.72. The lowest BCUT2D eigenvalue weighted by Crippen LogP contribution is -2.29. The van der Waals surface area contributed by atoms with Gasteiger partial charge in [-0.05, 0) is 31.9 Å². The maximum atomic E-state index is 4.14. The Morgan fingerprint density at radius 1 is 1.53 bits per heavy atom. The molecule has 0 fully saturated rings. The van der Waals surface area contributed by atoms with Crippen LogP contribution >= 0.6 is 15.9 Å². The number of halogens is 1.